The van der Waals surface area contributed by atoms with Crippen molar-refractivity contribution in [3.05, 3.63) is 66.7 Å². The second-order valence-corrected chi connectivity index (χ2v) is 7.03. The van der Waals surface area contributed by atoms with Crippen molar-refractivity contribution in [2.24, 2.45) is 0 Å². The SMILES string of the molecule is CN(CCc1ccncc1)c1cc(Nc2ccccc2N2CCOCC2)ncn1. The van der Waals surface area contributed by atoms with E-state index in [1.54, 1.807) is 6.33 Å². The van der Waals surface area contributed by atoms with Crippen molar-refractivity contribution in [1.29, 1.82) is 0 Å². The topological polar surface area (TPSA) is 66.4 Å². The van der Waals surface area contributed by atoms with Gasteiger partial charge in [0.2, 0.25) is 0 Å². The lowest BCUT2D eigenvalue weighted by Crippen LogP contribution is -2.36. The molecule has 2 aromatic heterocycles. The number of ether oxygens (including phenoxy) is 1. The van der Waals surface area contributed by atoms with Gasteiger partial charge in [0.15, 0.2) is 0 Å². The molecule has 0 amide bonds. The van der Waals surface area contributed by atoms with E-state index < -0.39 is 0 Å². The number of likely N-dealkylation sites (N-methyl/N-ethyl adjacent to an activating group) is 1. The first kappa shape index (κ1) is 19.1. The molecule has 0 saturated carbocycles. The molecule has 7 nitrogen and oxygen atoms in total. The first-order chi connectivity index (χ1) is 14.3. The van der Waals surface area contributed by atoms with Gasteiger partial charge in [0, 0.05) is 45.1 Å². The van der Waals surface area contributed by atoms with E-state index in [1.165, 1.54) is 11.3 Å². The number of rotatable bonds is 7. The van der Waals surface area contributed by atoms with E-state index in [9.17, 15) is 0 Å². The summed E-state index contributed by atoms with van der Waals surface area (Å²) in [6.45, 7) is 4.17. The highest BCUT2D eigenvalue weighted by atomic mass is 16.5. The number of anilines is 4. The minimum Gasteiger partial charge on any atom is -0.378 e. The summed E-state index contributed by atoms with van der Waals surface area (Å²) < 4.78 is 5.48. The average molecular weight is 390 g/mol. The summed E-state index contributed by atoms with van der Waals surface area (Å²) in [4.78, 5) is 17.4. The van der Waals surface area contributed by atoms with Crippen molar-refractivity contribution in [3.63, 3.8) is 0 Å². The highest BCUT2D eigenvalue weighted by Gasteiger charge is 2.15. The van der Waals surface area contributed by atoms with Gasteiger partial charge in [-0.3, -0.25) is 4.98 Å². The third-order valence-electron chi connectivity index (χ3n) is 5.05. The molecule has 1 aliphatic rings. The van der Waals surface area contributed by atoms with Crippen molar-refractivity contribution in [3.8, 4) is 0 Å². The number of morpholine rings is 1. The Labute approximate surface area is 171 Å². The summed E-state index contributed by atoms with van der Waals surface area (Å²) in [6, 6.07) is 14.4. The maximum atomic E-state index is 5.48. The van der Waals surface area contributed by atoms with Crippen LogP contribution in [0.5, 0.6) is 0 Å². The number of para-hydroxylation sites is 2. The molecule has 150 valence electrons. The van der Waals surface area contributed by atoms with Crippen LogP contribution in [0.15, 0.2) is 61.2 Å². The molecule has 0 unspecified atom stereocenters. The predicted octanol–water partition coefficient (Wildman–Crippen LogP) is 3.13. The van der Waals surface area contributed by atoms with Gasteiger partial charge in [-0.1, -0.05) is 12.1 Å². The van der Waals surface area contributed by atoms with Gasteiger partial charge in [-0.2, -0.15) is 0 Å². The molecular weight excluding hydrogens is 364 g/mol. The standard InChI is InChI=1S/C22H26N6O/c1-27(11-8-18-6-9-23-10-7-18)22-16-21(24-17-25-22)26-19-4-2-3-5-20(19)28-12-14-29-15-13-28/h2-7,9-10,16-17H,8,11-15H2,1H3,(H,24,25,26). The summed E-state index contributed by atoms with van der Waals surface area (Å²) in [5, 5.41) is 3.47. The third kappa shape index (κ3) is 5.00. The Morgan fingerprint density at radius 3 is 2.69 bits per heavy atom. The second-order valence-electron chi connectivity index (χ2n) is 7.03. The fourth-order valence-electron chi connectivity index (χ4n) is 3.38. The number of aromatic nitrogens is 3. The summed E-state index contributed by atoms with van der Waals surface area (Å²) in [6.07, 6.45) is 6.20. The van der Waals surface area contributed by atoms with E-state index in [2.05, 4.69) is 55.3 Å². The van der Waals surface area contributed by atoms with E-state index in [0.717, 1.165) is 56.6 Å². The Morgan fingerprint density at radius 1 is 1.07 bits per heavy atom. The smallest absolute Gasteiger partial charge is 0.135 e. The van der Waals surface area contributed by atoms with Crippen LogP contribution in [0.2, 0.25) is 0 Å². The molecule has 0 aliphatic carbocycles. The number of hydrogen-bond acceptors (Lipinski definition) is 7. The van der Waals surface area contributed by atoms with E-state index in [0.29, 0.717) is 0 Å². The van der Waals surface area contributed by atoms with Gasteiger partial charge >= 0.3 is 0 Å². The summed E-state index contributed by atoms with van der Waals surface area (Å²) in [7, 11) is 2.05. The second kappa shape index (κ2) is 9.34. The number of hydrogen-bond donors (Lipinski definition) is 1. The molecule has 3 heterocycles. The van der Waals surface area contributed by atoms with Gasteiger partial charge in [-0.15, -0.1) is 0 Å². The molecule has 7 heteroatoms. The van der Waals surface area contributed by atoms with Gasteiger partial charge in [-0.25, -0.2) is 9.97 Å². The van der Waals surface area contributed by atoms with Crippen LogP contribution in [-0.4, -0.2) is 54.8 Å². The van der Waals surface area contributed by atoms with Crippen LogP contribution in [0.4, 0.5) is 23.0 Å². The Morgan fingerprint density at radius 2 is 1.86 bits per heavy atom. The van der Waals surface area contributed by atoms with Crippen LogP contribution in [-0.2, 0) is 11.2 Å². The molecule has 1 N–H and O–H groups in total. The Kier molecular flexibility index (Phi) is 6.16. The minimum atomic E-state index is 0.758. The molecule has 0 bridgehead atoms. The molecule has 0 spiro atoms. The van der Waals surface area contributed by atoms with Crippen molar-refractivity contribution in [2.75, 3.05) is 55.0 Å². The normalized spacial score (nSPS) is 13.9. The Hall–Kier alpha value is -3.19. The first-order valence-corrected chi connectivity index (χ1v) is 9.90. The lowest BCUT2D eigenvalue weighted by molar-refractivity contribution is 0.123. The van der Waals surface area contributed by atoms with Crippen molar-refractivity contribution in [1.82, 2.24) is 15.0 Å². The fourth-order valence-corrected chi connectivity index (χ4v) is 3.38. The van der Waals surface area contributed by atoms with Gasteiger partial charge in [-0.05, 0) is 36.2 Å². The van der Waals surface area contributed by atoms with Crippen LogP contribution in [0.1, 0.15) is 5.56 Å². The summed E-state index contributed by atoms with van der Waals surface area (Å²) >= 11 is 0. The molecule has 1 aromatic carbocycles. The van der Waals surface area contributed by atoms with E-state index in [-0.39, 0.29) is 0 Å². The van der Waals surface area contributed by atoms with Gasteiger partial charge in [0.1, 0.15) is 18.0 Å². The summed E-state index contributed by atoms with van der Waals surface area (Å²) in [5.74, 6) is 1.67. The van der Waals surface area contributed by atoms with Crippen molar-refractivity contribution < 1.29 is 4.74 Å². The van der Waals surface area contributed by atoms with Crippen LogP contribution in [0.25, 0.3) is 0 Å². The number of pyridine rings is 1. The highest BCUT2D eigenvalue weighted by molar-refractivity contribution is 5.74. The van der Waals surface area contributed by atoms with Crippen LogP contribution in [0.3, 0.4) is 0 Å². The monoisotopic (exact) mass is 390 g/mol. The van der Waals surface area contributed by atoms with E-state index in [1.807, 2.05) is 36.7 Å². The molecule has 1 fully saturated rings. The zero-order valence-electron chi connectivity index (χ0n) is 16.7. The number of nitrogens with zero attached hydrogens (tertiary/aromatic N) is 5. The van der Waals surface area contributed by atoms with Crippen LogP contribution in [0, 0.1) is 0 Å². The van der Waals surface area contributed by atoms with Crippen molar-refractivity contribution in [2.45, 2.75) is 6.42 Å². The molecule has 0 radical (unpaired) electrons. The third-order valence-corrected chi connectivity index (χ3v) is 5.05. The number of benzene rings is 1. The molecular formula is C22H26N6O. The lowest BCUT2D eigenvalue weighted by Gasteiger charge is -2.30. The molecule has 1 saturated heterocycles. The highest BCUT2D eigenvalue weighted by Crippen LogP contribution is 2.29. The van der Waals surface area contributed by atoms with Crippen LogP contribution >= 0.6 is 0 Å². The quantitative estimate of drug-likeness (QED) is 0.665. The zero-order chi connectivity index (χ0) is 19.9. The fraction of sp³-hybridized carbons (Fsp3) is 0.318. The lowest BCUT2D eigenvalue weighted by atomic mass is 10.2. The maximum Gasteiger partial charge on any atom is 0.135 e. The predicted molar refractivity (Wildman–Crippen MR) is 116 cm³/mol. The largest absolute Gasteiger partial charge is 0.378 e. The molecule has 29 heavy (non-hydrogen) atoms. The van der Waals surface area contributed by atoms with Gasteiger partial charge < -0.3 is 19.9 Å². The van der Waals surface area contributed by atoms with Crippen LogP contribution < -0.4 is 15.1 Å². The maximum absolute atomic E-state index is 5.48. The zero-order valence-corrected chi connectivity index (χ0v) is 16.7. The van der Waals surface area contributed by atoms with E-state index >= 15 is 0 Å². The Bertz CT molecular complexity index is 914. The van der Waals surface area contributed by atoms with Gasteiger partial charge in [0.25, 0.3) is 0 Å². The minimum absolute atomic E-state index is 0.758. The molecule has 4 rings (SSSR count). The van der Waals surface area contributed by atoms with E-state index in [4.69, 9.17) is 4.74 Å². The first-order valence-electron chi connectivity index (χ1n) is 9.90. The van der Waals surface area contributed by atoms with Crippen molar-refractivity contribution >= 4 is 23.0 Å². The Balaban J connectivity index is 1.45. The number of nitrogens with one attached hydrogen (secondary N) is 1. The molecule has 3 aromatic rings. The summed E-state index contributed by atoms with van der Waals surface area (Å²) in [5.41, 5.74) is 3.47. The average Bonchev–Trinajstić information content (AvgIpc) is 2.79. The molecule has 1 aliphatic heterocycles. The van der Waals surface area contributed by atoms with Gasteiger partial charge in [0.05, 0.1) is 24.6 Å². The molecule has 0 atom stereocenters.